The van der Waals surface area contributed by atoms with Crippen molar-refractivity contribution in [1.82, 2.24) is 29.0 Å². The molecule has 0 saturated carbocycles. The van der Waals surface area contributed by atoms with Gasteiger partial charge in [-0.15, -0.1) is 0 Å². The largest absolute Gasteiger partial charge is 0.387 e. The van der Waals surface area contributed by atoms with Gasteiger partial charge in [0.15, 0.2) is 5.65 Å². The summed E-state index contributed by atoms with van der Waals surface area (Å²) in [5.74, 6) is 1.31. The van der Waals surface area contributed by atoms with Gasteiger partial charge in [-0.1, -0.05) is 37.3 Å². The number of carbonyl (C=O) groups is 1. The predicted molar refractivity (Wildman–Crippen MR) is 163 cm³/mol. The number of amides is 1. The first-order chi connectivity index (χ1) is 20.1. The van der Waals surface area contributed by atoms with Crippen LogP contribution in [0, 0.1) is 13.8 Å². The highest BCUT2D eigenvalue weighted by Crippen LogP contribution is 2.32. The van der Waals surface area contributed by atoms with Crippen molar-refractivity contribution in [3.8, 4) is 22.5 Å². The number of rotatable bonds is 9. The first kappa shape index (κ1) is 29.0. The number of fused-ring (bicyclic) bond motifs is 1. The second-order valence-corrected chi connectivity index (χ2v) is 10.7. The van der Waals surface area contributed by atoms with Crippen molar-refractivity contribution >= 4 is 17.4 Å². The zero-order chi connectivity index (χ0) is 30.1. The third kappa shape index (κ3) is 5.50. The van der Waals surface area contributed by atoms with Gasteiger partial charge in [-0.3, -0.25) is 4.79 Å². The lowest BCUT2D eigenvalue weighted by Gasteiger charge is -2.21. The second kappa shape index (κ2) is 11.8. The quantitative estimate of drug-likeness (QED) is 0.217. The highest BCUT2D eigenvalue weighted by molar-refractivity contribution is 5.97. The van der Waals surface area contributed by atoms with Crippen molar-refractivity contribution in [3.63, 3.8) is 0 Å². The van der Waals surface area contributed by atoms with Crippen LogP contribution < -0.4 is 5.32 Å². The highest BCUT2D eigenvalue weighted by Gasteiger charge is 2.22. The van der Waals surface area contributed by atoms with Crippen molar-refractivity contribution < 1.29 is 15.0 Å². The minimum Gasteiger partial charge on any atom is -0.387 e. The molecule has 2 aromatic carbocycles. The molecule has 0 saturated heterocycles. The van der Waals surface area contributed by atoms with E-state index >= 15 is 0 Å². The monoisotopic (exact) mass is 567 g/mol. The topological polar surface area (TPSA) is 121 Å². The fourth-order valence-corrected chi connectivity index (χ4v) is 5.01. The minimum atomic E-state index is -0.919. The van der Waals surface area contributed by atoms with Crippen LogP contribution in [0.3, 0.4) is 0 Å². The van der Waals surface area contributed by atoms with E-state index in [4.69, 9.17) is 10.1 Å². The Hall–Kier alpha value is -4.54. The van der Waals surface area contributed by atoms with Gasteiger partial charge >= 0.3 is 0 Å². The summed E-state index contributed by atoms with van der Waals surface area (Å²) in [7, 11) is 3.54. The number of aryl methyl sites for hydroxylation is 3. The van der Waals surface area contributed by atoms with Crippen molar-refractivity contribution in [3.05, 3.63) is 89.0 Å². The van der Waals surface area contributed by atoms with Crippen LogP contribution in [0.1, 0.15) is 59.2 Å². The molecule has 0 aliphatic heterocycles. The van der Waals surface area contributed by atoms with E-state index in [1.54, 1.807) is 24.7 Å². The maximum atomic E-state index is 13.1. The van der Waals surface area contributed by atoms with Gasteiger partial charge in [-0.25, -0.2) is 9.97 Å². The molecule has 0 spiro atoms. The number of aliphatic hydroxyl groups is 2. The number of nitrogens with one attached hydrogen (secondary N) is 1. The summed E-state index contributed by atoms with van der Waals surface area (Å²) in [5.41, 5.74) is 6.77. The van der Waals surface area contributed by atoms with Gasteiger partial charge in [0, 0.05) is 55.8 Å². The Kier molecular flexibility index (Phi) is 8.11. The summed E-state index contributed by atoms with van der Waals surface area (Å²) in [6.07, 6.45) is 2.54. The van der Waals surface area contributed by atoms with Gasteiger partial charge in [0.1, 0.15) is 17.9 Å². The molecule has 5 aromatic rings. The molecule has 3 heterocycles. The molecule has 0 unspecified atom stereocenters. The molecule has 5 rings (SSSR count). The van der Waals surface area contributed by atoms with E-state index in [1.807, 2.05) is 75.0 Å². The first-order valence-electron chi connectivity index (χ1n) is 14.0. The van der Waals surface area contributed by atoms with Gasteiger partial charge in [0.05, 0.1) is 17.5 Å². The Bertz CT molecular complexity index is 1750. The third-order valence-electron chi connectivity index (χ3n) is 7.63. The van der Waals surface area contributed by atoms with E-state index in [0.717, 1.165) is 39.3 Å². The number of aliphatic hydroxyl groups excluding tert-OH is 2. The summed E-state index contributed by atoms with van der Waals surface area (Å²) in [5, 5.41) is 29.1. The lowest BCUT2D eigenvalue weighted by atomic mass is 9.99. The van der Waals surface area contributed by atoms with Gasteiger partial charge < -0.3 is 25.0 Å². The van der Waals surface area contributed by atoms with Crippen molar-refractivity contribution in [2.24, 2.45) is 7.05 Å². The molecule has 10 nitrogen and oxygen atoms in total. The van der Waals surface area contributed by atoms with E-state index in [9.17, 15) is 15.0 Å². The van der Waals surface area contributed by atoms with Crippen LogP contribution in [0.2, 0.25) is 0 Å². The molecule has 0 aliphatic carbocycles. The molecule has 3 aromatic heterocycles. The van der Waals surface area contributed by atoms with Crippen molar-refractivity contribution in [2.45, 2.75) is 53.0 Å². The number of hydrogen-bond donors (Lipinski definition) is 3. The average molecular weight is 568 g/mol. The normalized spacial score (nSPS) is 12.9. The van der Waals surface area contributed by atoms with Gasteiger partial charge in [-0.2, -0.15) is 9.61 Å². The summed E-state index contributed by atoms with van der Waals surface area (Å²) in [6, 6.07) is 15.7. The number of carbonyl (C=O) groups excluding carboxylic acids is 1. The number of aromatic nitrogens is 5. The van der Waals surface area contributed by atoms with Gasteiger partial charge in [-0.05, 0) is 56.0 Å². The van der Waals surface area contributed by atoms with Crippen LogP contribution in [-0.2, 0) is 13.6 Å². The number of benzene rings is 2. The fraction of sp³-hybridized carbons (Fsp3) is 0.312. The molecule has 0 radical (unpaired) electrons. The van der Waals surface area contributed by atoms with Crippen LogP contribution in [0.15, 0.2) is 60.9 Å². The number of nitrogens with zero attached hydrogens (tertiary/aromatic N) is 6. The minimum absolute atomic E-state index is 0.274. The van der Waals surface area contributed by atoms with Crippen LogP contribution in [0.4, 0.5) is 5.82 Å². The third-order valence-corrected chi connectivity index (χ3v) is 7.63. The predicted octanol–water partition coefficient (Wildman–Crippen LogP) is 4.88. The average Bonchev–Trinajstić information content (AvgIpc) is 3.57. The van der Waals surface area contributed by atoms with Crippen LogP contribution in [0.5, 0.6) is 0 Å². The van der Waals surface area contributed by atoms with E-state index in [-0.39, 0.29) is 5.91 Å². The second-order valence-electron chi connectivity index (χ2n) is 10.7. The molecule has 0 aliphatic rings. The number of anilines is 1. The molecule has 42 heavy (non-hydrogen) atoms. The molecule has 218 valence electrons. The van der Waals surface area contributed by atoms with E-state index in [0.29, 0.717) is 35.7 Å². The molecular weight excluding hydrogens is 530 g/mol. The first-order valence-corrected chi connectivity index (χ1v) is 14.0. The SMILES string of the molecule is CC[C@H](O)c1cc(NCc2cccc(-c3nccn3C)c2)n2nc(C)c(-c3ccc(C)c(C(=O)N(C)[C@@H](C)O)c3)c2n1. The highest BCUT2D eigenvalue weighted by atomic mass is 16.3. The molecule has 1 amide bonds. The lowest BCUT2D eigenvalue weighted by Crippen LogP contribution is -2.35. The summed E-state index contributed by atoms with van der Waals surface area (Å²) < 4.78 is 3.74. The Morgan fingerprint density at radius 1 is 1.10 bits per heavy atom. The smallest absolute Gasteiger partial charge is 0.255 e. The fourth-order valence-electron chi connectivity index (χ4n) is 5.01. The molecular formula is C32H37N7O3. The Morgan fingerprint density at radius 3 is 2.57 bits per heavy atom. The zero-order valence-corrected chi connectivity index (χ0v) is 24.8. The molecule has 10 heteroatoms. The Balaban J connectivity index is 1.56. The summed E-state index contributed by atoms with van der Waals surface area (Å²) in [4.78, 5) is 23.7. The lowest BCUT2D eigenvalue weighted by molar-refractivity contribution is 0.0293. The standard InChI is InChI=1S/C32H37N7O3/c1-7-27(41)26-17-28(34-18-22-9-8-10-24(15-22)30-33-13-14-37(30)5)39-31(35-26)29(20(3)36-39)23-12-11-19(2)25(16-23)32(42)38(6)21(4)40/h8-17,21,27,34,40-41H,7,18H2,1-6H3/t21-,27+/m1/s1. The maximum absolute atomic E-state index is 13.1. The van der Waals surface area contributed by atoms with Gasteiger partial charge in [0.2, 0.25) is 0 Å². The van der Waals surface area contributed by atoms with Crippen molar-refractivity contribution in [2.75, 3.05) is 12.4 Å². The molecule has 2 atom stereocenters. The Morgan fingerprint density at radius 2 is 1.88 bits per heavy atom. The number of hydrogen-bond acceptors (Lipinski definition) is 7. The Labute approximate surface area is 245 Å². The van der Waals surface area contributed by atoms with E-state index in [1.165, 1.54) is 4.90 Å². The van der Waals surface area contributed by atoms with Crippen LogP contribution in [0.25, 0.3) is 28.2 Å². The number of imidazole rings is 1. The molecule has 0 fully saturated rings. The summed E-state index contributed by atoms with van der Waals surface area (Å²) in [6.45, 7) is 7.76. The zero-order valence-electron chi connectivity index (χ0n) is 24.8. The summed E-state index contributed by atoms with van der Waals surface area (Å²) >= 11 is 0. The maximum Gasteiger partial charge on any atom is 0.255 e. The van der Waals surface area contributed by atoms with Crippen LogP contribution in [-0.4, -0.2) is 58.4 Å². The van der Waals surface area contributed by atoms with Gasteiger partial charge in [0.25, 0.3) is 5.91 Å². The van der Waals surface area contributed by atoms with Crippen LogP contribution >= 0.6 is 0 Å². The van der Waals surface area contributed by atoms with E-state index < -0.39 is 12.3 Å². The van der Waals surface area contributed by atoms with Crippen molar-refractivity contribution in [1.29, 1.82) is 0 Å². The molecule has 3 N–H and O–H groups in total. The van der Waals surface area contributed by atoms with E-state index in [2.05, 4.69) is 22.4 Å². The molecule has 0 bridgehead atoms.